The van der Waals surface area contributed by atoms with Gasteiger partial charge < -0.3 is 24.3 Å². The van der Waals surface area contributed by atoms with Gasteiger partial charge in [-0.1, -0.05) is 6.07 Å². The van der Waals surface area contributed by atoms with Crippen LogP contribution in [0.25, 0.3) is 0 Å². The summed E-state index contributed by atoms with van der Waals surface area (Å²) in [5, 5.41) is 3.41. The van der Waals surface area contributed by atoms with Crippen LogP contribution in [0.15, 0.2) is 64.3 Å². The minimum atomic E-state index is -0.0734. The van der Waals surface area contributed by atoms with Crippen molar-refractivity contribution in [3.8, 4) is 11.6 Å². The van der Waals surface area contributed by atoms with Gasteiger partial charge in [-0.2, -0.15) is 0 Å². The fourth-order valence-corrected chi connectivity index (χ4v) is 3.71. The molecule has 0 aliphatic carbocycles. The van der Waals surface area contributed by atoms with Gasteiger partial charge >= 0.3 is 0 Å². The fraction of sp³-hybridized carbons (Fsp3) is 0.320. The molecule has 1 saturated heterocycles. The first-order valence-corrected chi connectivity index (χ1v) is 11.0. The lowest BCUT2D eigenvalue weighted by Gasteiger charge is -2.36. The molecule has 1 amide bonds. The van der Waals surface area contributed by atoms with Gasteiger partial charge in [0, 0.05) is 52.0 Å². The Morgan fingerprint density at radius 2 is 1.88 bits per heavy atom. The number of ether oxygens (including phenoxy) is 1. The Morgan fingerprint density at radius 3 is 2.58 bits per heavy atom. The summed E-state index contributed by atoms with van der Waals surface area (Å²) < 4.78 is 11.2. The number of carbonyl (C=O) groups excluding carboxylic acids is 1. The molecular weight excluding hydrogens is 418 g/mol. The van der Waals surface area contributed by atoms with Crippen molar-refractivity contribution in [2.24, 2.45) is 4.99 Å². The molecule has 1 N–H and O–H groups in total. The first-order chi connectivity index (χ1) is 16.0. The van der Waals surface area contributed by atoms with E-state index in [-0.39, 0.29) is 5.91 Å². The quantitative estimate of drug-likeness (QED) is 0.475. The highest BCUT2D eigenvalue weighted by Gasteiger charge is 2.25. The molecule has 0 bridgehead atoms. The molecule has 1 aromatic carbocycles. The molecule has 0 atom stereocenters. The second-order valence-electron chi connectivity index (χ2n) is 8.01. The van der Waals surface area contributed by atoms with E-state index < -0.39 is 0 Å². The number of furan rings is 1. The van der Waals surface area contributed by atoms with Crippen LogP contribution in [0.2, 0.25) is 0 Å². The Labute approximate surface area is 193 Å². The predicted molar refractivity (Wildman–Crippen MR) is 127 cm³/mol. The Morgan fingerprint density at radius 1 is 1.09 bits per heavy atom. The van der Waals surface area contributed by atoms with Crippen LogP contribution in [0.5, 0.6) is 11.6 Å². The van der Waals surface area contributed by atoms with Crippen LogP contribution in [-0.2, 0) is 6.54 Å². The molecule has 4 rings (SSSR count). The van der Waals surface area contributed by atoms with E-state index in [1.54, 1.807) is 25.4 Å². The summed E-state index contributed by atoms with van der Waals surface area (Å²) in [4.78, 5) is 25.2. The molecule has 33 heavy (non-hydrogen) atoms. The van der Waals surface area contributed by atoms with Crippen LogP contribution in [0.4, 0.5) is 0 Å². The molecule has 2 aromatic heterocycles. The zero-order valence-electron chi connectivity index (χ0n) is 19.2. The summed E-state index contributed by atoms with van der Waals surface area (Å²) in [6.07, 6.45) is 3.27. The lowest BCUT2D eigenvalue weighted by atomic mass is 10.1. The third-order valence-electron chi connectivity index (χ3n) is 5.76. The van der Waals surface area contributed by atoms with E-state index >= 15 is 0 Å². The van der Waals surface area contributed by atoms with Gasteiger partial charge in [-0.25, -0.2) is 4.98 Å². The van der Waals surface area contributed by atoms with Gasteiger partial charge in [-0.3, -0.25) is 9.79 Å². The van der Waals surface area contributed by atoms with Crippen molar-refractivity contribution < 1.29 is 13.9 Å². The molecule has 1 aliphatic heterocycles. The molecule has 8 heteroatoms. The van der Waals surface area contributed by atoms with Crippen LogP contribution in [0.3, 0.4) is 0 Å². The van der Waals surface area contributed by atoms with Crippen molar-refractivity contribution in [2.45, 2.75) is 20.4 Å². The third kappa shape index (κ3) is 5.52. The van der Waals surface area contributed by atoms with E-state index in [0.29, 0.717) is 44.4 Å². The monoisotopic (exact) mass is 447 g/mol. The number of carbonyl (C=O) groups is 1. The summed E-state index contributed by atoms with van der Waals surface area (Å²) in [7, 11) is 1.77. The first kappa shape index (κ1) is 22.4. The molecule has 0 unspecified atom stereocenters. The number of piperazine rings is 1. The van der Waals surface area contributed by atoms with E-state index in [9.17, 15) is 4.79 Å². The second kappa shape index (κ2) is 10.2. The van der Waals surface area contributed by atoms with Crippen LogP contribution in [0.1, 0.15) is 27.2 Å². The summed E-state index contributed by atoms with van der Waals surface area (Å²) in [5.41, 5.74) is 3.45. The topological polar surface area (TPSA) is 83.2 Å². The molecule has 3 aromatic rings. The van der Waals surface area contributed by atoms with Crippen molar-refractivity contribution in [3.05, 3.63) is 77.4 Å². The van der Waals surface area contributed by atoms with Crippen LogP contribution in [0, 0.1) is 13.8 Å². The second-order valence-corrected chi connectivity index (χ2v) is 8.01. The minimum Gasteiger partial charge on any atom is -0.459 e. The zero-order valence-corrected chi connectivity index (χ0v) is 19.2. The molecule has 8 nitrogen and oxygen atoms in total. The highest BCUT2D eigenvalue weighted by Crippen LogP contribution is 2.22. The number of amides is 1. The number of aryl methyl sites for hydroxylation is 2. The number of aliphatic imine (C=N–C) groups is 1. The summed E-state index contributed by atoms with van der Waals surface area (Å²) in [6, 6.07) is 13.3. The maximum absolute atomic E-state index is 12.5. The van der Waals surface area contributed by atoms with Gasteiger partial charge in [0.1, 0.15) is 5.75 Å². The molecule has 1 fully saturated rings. The number of hydrogen-bond acceptors (Lipinski definition) is 5. The van der Waals surface area contributed by atoms with Crippen LogP contribution in [-0.4, -0.2) is 59.9 Å². The van der Waals surface area contributed by atoms with E-state index in [0.717, 1.165) is 17.3 Å². The molecule has 172 valence electrons. The zero-order chi connectivity index (χ0) is 23.2. The van der Waals surface area contributed by atoms with Crippen LogP contribution < -0.4 is 10.1 Å². The summed E-state index contributed by atoms with van der Waals surface area (Å²) in [5.74, 6) is 2.43. The maximum Gasteiger partial charge on any atom is 0.289 e. The van der Waals surface area contributed by atoms with Crippen LogP contribution >= 0.6 is 0 Å². The number of benzene rings is 1. The average Bonchev–Trinajstić information content (AvgIpc) is 3.37. The van der Waals surface area contributed by atoms with Gasteiger partial charge in [-0.05, 0) is 60.9 Å². The average molecular weight is 448 g/mol. The fourth-order valence-electron chi connectivity index (χ4n) is 3.71. The molecule has 0 radical (unpaired) electrons. The van der Waals surface area contributed by atoms with Gasteiger partial charge in [0.2, 0.25) is 5.88 Å². The highest BCUT2D eigenvalue weighted by atomic mass is 16.5. The van der Waals surface area contributed by atoms with Crippen molar-refractivity contribution in [1.82, 2.24) is 20.1 Å². The third-order valence-corrected chi connectivity index (χ3v) is 5.76. The molecular formula is C25H29N5O3. The predicted octanol–water partition coefficient (Wildman–Crippen LogP) is 3.62. The number of nitrogens with one attached hydrogen (secondary N) is 1. The van der Waals surface area contributed by atoms with Crippen molar-refractivity contribution in [1.29, 1.82) is 0 Å². The Bertz CT molecular complexity index is 1120. The highest BCUT2D eigenvalue weighted by molar-refractivity contribution is 5.91. The Balaban J connectivity index is 1.31. The largest absolute Gasteiger partial charge is 0.459 e. The van der Waals surface area contributed by atoms with Gasteiger partial charge in [0.25, 0.3) is 5.91 Å². The number of aromatic nitrogens is 1. The lowest BCUT2D eigenvalue weighted by Crippen LogP contribution is -2.53. The van der Waals surface area contributed by atoms with E-state index in [1.165, 1.54) is 17.4 Å². The normalized spacial score (nSPS) is 14.3. The Hall–Kier alpha value is -3.81. The number of guanidine groups is 1. The van der Waals surface area contributed by atoms with Gasteiger partial charge in [-0.15, -0.1) is 0 Å². The summed E-state index contributed by atoms with van der Waals surface area (Å²) >= 11 is 0. The van der Waals surface area contributed by atoms with E-state index in [1.807, 2.05) is 35.2 Å². The number of pyridine rings is 1. The van der Waals surface area contributed by atoms with E-state index in [4.69, 9.17) is 9.15 Å². The molecule has 0 saturated carbocycles. The van der Waals surface area contributed by atoms with Gasteiger partial charge in [0.05, 0.1) is 6.26 Å². The van der Waals surface area contributed by atoms with Crippen molar-refractivity contribution in [2.75, 3.05) is 33.2 Å². The molecule has 3 heterocycles. The number of nitrogens with zero attached hydrogens (tertiary/aromatic N) is 4. The molecule has 0 spiro atoms. The first-order valence-electron chi connectivity index (χ1n) is 11.0. The standard InChI is InChI=1S/C25H29N5O3/c1-18-6-7-21(15-19(18)2)33-23-16-20(8-9-27-23)17-28-25(26-3)30-12-10-29(11-13-30)24(31)22-5-4-14-32-22/h4-9,14-16H,10-13,17H2,1-3H3,(H,26,28). The van der Waals surface area contributed by atoms with Gasteiger partial charge in [0.15, 0.2) is 11.7 Å². The Kier molecular flexibility index (Phi) is 6.92. The van der Waals surface area contributed by atoms with Crippen molar-refractivity contribution in [3.63, 3.8) is 0 Å². The smallest absolute Gasteiger partial charge is 0.289 e. The number of rotatable bonds is 5. The minimum absolute atomic E-state index is 0.0734. The van der Waals surface area contributed by atoms with E-state index in [2.05, 4.69) is 34.0 Å². The number of hydrogen-bond donors (Lipinski definition) is 1. The lowest BCUT2D eigenvalue weighted by molar-refractivity contribution is 0.0657. The SMILES string of the molecule is CN=C(NCc1ccnc(Oc2ccc(C)c(C)c2)c1)N1CCN(C(=O)c2ccco2)CC1. The molecule has 1 aliphatic rings. The summed E-state index contributed by atoms with van der Waals surface area (Å²) in [6.45, 7) is 7.35. The maximum atomic E-state index is 12.5. The van der Waals surface area contributed by atoms with Crippen molar-refractivity contribution >= 4 is 11.9 Å².